The minimum atomic E-state index is -0.529. The lowest BCUT2D eigenvalue weighted by Crippen LogP contribution is -2.28. The molecule has 14 rings (SSSR count). The van der Waals surface area contributed by atoms with Crippen LogP contribution in [0.2, 0.25) is 0 Å². The highest BCUT2D eigenvalue weighted by molar-refractivity contribution is 5.97. The van der Waals surface area contributed by atoms with Gasteiger partial charge in [-0.05, 0) is 137 Å². The molecule has 0 bridgehead atoms. The Labute approximate surface area is 387 Å². The van der Waals surface area contributed by atoms with Crippen molar-refractivity contribution in [3.05, 3.63) is 292 Å². The van der Waals surface area contributed by atoms with Crippen molar-refractivity contribution >= 4 is 17.1 Å². The van der Waals surface area contributed by atoms with Crippen LogP contribution in [0.3, 0.4) is 0 Å². The van der Waals surface area contributed by atoms with Crippen LogP contribution in [0.5, 0.6) is 0 Å². The number of benzene rings is 10. The van der Waals surface area contributed by atoms with E-state index in [9.17, 15) is 0 Å². The average Bonchev–Trinajstić information content (AvgIpc) is 4.03. The van der Waals surface area contributed by atoms with Gasteiger partial charge in [-0.2, -0.15) is 0 Å². The summed E-state index contributed by atoms with van der Waals surface area (Å²) in [6, 6.07) is 89.5. The first kappa shape index (κ1) is 37.4. The molecule has 0 fully saturated rings. The van der Waals surface area contributed by atoms with Crippen molar-refractivity contribution in [3.63, 3.8) is 0 Å². The van der Waals surface area contributed by atoms with Gasteiger partial charge in [0.25, 0.3) is 0 Å². The zero-order chi connectivity index (χ0) is 43.8. The van der Waals surface area contributed by atoms with Crippen molar-refractivity contribution < 1.29 is 0 Å². The highest BCUT2D eigenvalue weighted by atomic mass is 15.1. The van der Waals surface area contributed by atoms with E-state index in [1.54, 1.807) is 0 Å². The summed E-state index contributed by atoms with van der Waals surface area (Å²) < 4.78 is 0. The third kappa shape index (κ3) is 4.69. The SMILES string of the molecule is CC1(C)c2ccccc2-c2ccc(N(c3ccc4c(c3)C(c3ccccc3)(c3ccccc3)c3ccccc3-4)c3ccc4c(c3)C3(c5ccccc5-c5ccccc53)c3ccccc3-4)cc21. The predicted octanol–water partition coefficient (Wildman–Crippen LogP) is 16.2. The molecule has 4 aliphatic rings. The molecule has 310 valence electrons. The number of rotatable bonds is 5. The Morgan fingerprint density at radius 1 is 0.242 bits per heavy atom. The summed E-state index contributed by atoms with van der Waals surface area (Å²) in [6.07, 6.45) is 0. The Kier molecular flexibility index (Phi) is 7.66. The predicted molar refractivity (Wildman–Crippen MR) is 272 cm³/mol. The molecule has 0 radical (unpaired) electrons. The quantitative estimate of drug-likeness (QED) is 0.167. The summed E-state index contributed by atoms with van der Waals surface area (Å²) in [5, 5.41) is 0. The van der Waals surface area contributed by atoms with Gasteiger partial charge in [-0.3, -0.25) is 0 Å². The van der Waals surface area contributed by atoms with Gasteiger partial charge >= 0.3 is 0 Å². The first-order valence-electron chi connectivity index (χ1n) is 23.3. The van der Waals surface area contributed by atoms with Crippen molar-refractivity contribution in [1.82, 2.24) is 0 Å². The summed E-state index contributed by atoms with van der Waals surface area (Å²) in [5.41, 5.74) is 25.9. The van der Waals surface area contributed by atoms with E-state index in [0.29, 0.717) is 0 Å². The zero-order valence-corrected chi connectivity index (χ0v) is 37.0. The van der Waals surface area contributed by atoms with Crippen LogP contribution in [0.4, 0.5) is 17.1 Å². The molecule has 66 heavy (non-hydrogen) atoms. The van der Waals surface area contributed by atoms with Gasteiger partial charge in [0.15, 0.2) is 0 Å². The molecule has 0 amide bonds. The van der Waals surface area contributed by atoms with Gasteiger partial charge in [0.2, 0.25) is 0 Å². The number of anilines is 3. The van der Waals surface area contributed by atoms with Crippen molar-refractivity contribution in [3.8, 4) is 44.5 Å². The Morgan fingerprint density at radius 3 is 0.955 bits per heavy atom. The molecule has 0 unspecified atom stereocenters. The van der Waals surface area contributed by atoms with E-state index in [0.717, 1.165) is 17.1 Å². The van der Waals surface area contributed by atoms with E-state index in [-0.39, 0.29) is 5.41 Å². The van der Waals surface area contributed by atoms with Gasteiger partial charge in [-0.25, -0.2) is 0 Å². The van der Waals surface area contributed by atoms with Crippen molar-refractivity contribution in [2.75, 3.05) is 4.90 Å². The molecule has 10 aromatic carbocycles. The van der Waals surface area contributed by atoms with Gasteiger partial charge in [0.1, 0.15) is 0 Å². The highest BCUT2D eigenvalue weighted by Gasteiger charge is 2.52. The second-order valence-electron chi connectivity index (χ2n) is 19.1. The molecule has 0 heterocycles. The molecule has 1 nitrogen and oxygen atoms in total. The standard InChI is InChI=1S/C65H45N/c1-63(2)55-28-14-9-23-47(55)52-36-33-44(39-60(52)63)66(45-34-37-53-50-26-10-15-29-56(50)64(61(53)40-45,42-19-5-3-6-20-42)43-21-7-4-8-22-43)46-35-38-54-51-27-13-18-32-59(51)65(62(54)41-46)57-30-16-11-24-48(57)49-25-12-17-31-58(49)65/h3-41H,1-2H3. The lowest BCUT2D eigenvalue weighted by molar-refractivity contribution is 0.660. The molecule has 0 atom stereocenters. The van der Waals surface area contributed by atoms with Gasteiger partial charge in [0, 0.05) is 22.5 Å². The fourth-order valence-corrected chi connectivity index (χ4v) is 13.1. The monoisotopic (exact) mass is 839 g/mol. The molecule has 1 heteroatoms. The number of hydrogen-bond acceptors (Lipinski definition) is 1. The largest absolute Gasteiger partial charge is 0.310 e. The minimum absolute atomic E-state index is 0.163. The maximum absolute atomic E-state index is 2.55. The van der Waals surface area contributed by atoms with Crippen molar-refractivity contribution in [1.29, 1.82) is 0 Å². The normalized spacial score (nSPS) is 15.2. The van der Waals surface area contributed by atoms with Gasteiger partial charge in [-0.15, -0.1) is 0 Å². The molecule has 4 aliphatic carbocycles. The highest BCUT2D eigenvalue weighted by Crippen LogP contribution is 2.64. The van der Waals surface area contributed by atoms with Crippen LogP contribution < -0.4 is 4.90 Å². The molecule has 0 aromatic heterocycles. The van der Waals surface area contributed by atoms with Crippen LogP contribution in [0, 0.1) is 0 Å². The maximum atomic E-state index is 2.55. The Bertz CT molecular complexity index is 3420. The number of nitrogens with zero attached hydrogens (tertiary/aromatic N) is 1. The summed E-state index contributed by atoms with van der Waals surface area (Å²) >= 11 is 0. The Morgan fingerprint density at radius 2 is 0.530 bits per heavy atom. The van der Waals surface area contributed by atoms with Crippen LogP contribution in [0.25, 0.3) is 44.5 Å². The molecule has 0 aliphatic heterocycles. The van der Waals surface area contributed by atoms with Crippen LogP contribution in [-0.4, -0.2) is 0 Å². The number of hydrogen-bond donors (Lipinski definition) is 0. The van der Waals surface area contributed by atoms with E-state index in [1.165, 1.54) is 100 Å². The van der Waals surface area contributed by atoms with Crippen molar-refractivity contribution in [2.45, 2.75) is 30.1 Å². The second-order valence-corrected chi connectivity index (χ2v) is 19.1. The minimum Gasteiger partial charge on any atom is -0.310 e. The van der Waals surface area contributed by atoms with Gasteiger partial charge in [-0.1, -0.05) is 214 Å². The summed E-state index contributed by atoms with van der Waals surface area (Å²) in [6.45, 7) is 4.77. The first-order chi connectivity index (χ1) is 32.5. The molecule has 0 N–H and O–H groups in total. The first-order valence-corrected chi connectivity index (χ1v) is 23.3. The maximum Gasteiger partial charge on any atom is 0.0726 e. The molecule has 10 aromatic rings. The third-order valence-corrected chi connectivity index (χ3v) is 15.8. The van der Waals surface area contributed by atoms with Gasteiger partial charge in [0.05, 0.1) is 10.8 Å². The van der Waals surface area contributed by atoms with E-state index in [4.69, 9.17) is 0 Å². The Hall–Kier alpha value is -8.00. The lowest BCUT2D eigenvalue weighted by atomic mass is 9.67. The van der Waals surface area contributed by atoms with Crippen molar-refractivity contribution in [2.24, 2.45) is 0 Å². The summed E-state index contributed by atoms with van der Waals surface area (Å²) in [4.78, 5) is 2.55. The third-order valence-electron chi connectivity index (χ3n) is 15.8. The van der Waals surface area contributed by atoms with Crippen LogP contribution in [-0.2, 0) is 16.2 Å². The molecular formula is C65H45N. The molecule has 0 saturated heterocycles. The summed E-state index contributed by atoms with van der Waals surface area (Å²) in [5.74, 6) is 0. The van der Waals surface area contributed by atoms with E-state index >= 15 is 0 Å². The molecular weight excluding hydrogens is 795 g/mol. The van der Waals surface area contributed by atoms with Gasteiger partial charge < -0.3 is 4.90 Å². The molecule has 0 saturated carbocycles. The molecule has 1 spiro atoms. The summed E-state index contributed by atoms with van der Waals surface area (Å²) in [7, 11) is 0. The lowest BCUT2D eigenvalue weighted by Gasteiger charge is -2.35. The van der Waals surface area contributed by atoms with Crippen LogP contribution in [0.15, 0.2) is 237 Å². The zero-order valence-electron chi connectivity index (χ0n) is 37.0. The topological polar surface area (TPSA) is 3.24 Å². The number of fused-ring (bicyclic) bond motifs is 16. The van der Waals surface area contributed by atoms with Crippen LogP contribution >= 0.6 is 0 Å². The van der Waals surface area contributed by atoms with E-state index in [2.05, 4.69) is 255 Å². The Balaban J connectivity index is 1.06. The smallest absolute Gasteiger partial charge is 0.0726 e. The van der Waals surface area contributed by atoms with Crippen LogP contribution in [0.1, 0.15) is 69.5 Å². The average molecular weight is 840 g/mol. The fourth-order valence-electron chi connectivity index (χ4n) is 13.1. The van der Waals surface area contributed by atoms with E-state index in [1.807, 2.05) is 0 Å². The fraction of sp³-hybridized carbons (Fsp3) is 0.0769. The second kappa shape index (κ2) is 13.5. The van der Waals surface area contributed by atoms with E-state index < -0.39 is 10.8 Å².